The molecule has 2 aromatic carbocycles. The monoisotopic (exact) mass is 503 g/mol. The first-order chi connectivity index (χ1) is 16.7. The van der Waals surface area contributed by atoms with Gasteiger partial charge in [-0.15, -0.1) is 12.3 Å². The van der Waals surface area contributed by atoms with E-state index in [0.717, 1.165) is 6.07 Å². The van der Waals surface area contributed by atoms with Gasteiger partial charge in [-0.25, -0.2) is 8.78 Å². The number of allylic oxidation sites excluding steroid dienone is 3. The number of carbonyl (C=O) groups is 1. The number of fused-ring (bicyclic) bond motifs is 1. The molecular weight excluding hydrogens is 472 g/mol. The van der Waals surface area contributed by atoms with Gasteiger partial charge in [-0.2, -0.15) is 0 Å². The minimum Gasteiger partial charge on any atom is -0.447 e. The van der Waals surface area contributed by atoms with Crippen molar-refractivity contribution in [2.45, 2.75) is 46.3 Å². The zero-order valence-electron chi connectivity index (χ0n) is 20.6. The van der Waals surface area contributed by atoms with Gasteiger partial charge in [0.2, 0.25) is 0 Å². The number of rotatable bonds is 6. The SMILES string of the molecule is C#CCC(=C)Cl.CC/C=C\CC.CCN(C)C(=O)c1cc2c(cc1F)OC(c1ccc(F)cc1)O2. The number of hydrogen-bond donors (Lipinski definition) is 0. The van der Waals surface area contributed by atoms with Gasteiger partial charge < -0.3 is 14.4 Å². The Hall–Kier alpha value is -3.30. The molecule has 0 radical (unpaired) electrons. The third-order valence-electron chi connectivity index (χ3n) is 4.63. The van der Waals surface area contributed by atoms with Crippen LogP contribution in [0.1, 0.15) is 62.2 Å². The average Bonchev–Trinajstić information content (AvgIpc) is 3.25. The molecule has 0 N–H and O–H groups in total. The van der Waals surface area contributed by atoms with Crippen molar-refractivity contribution in [3.05, 3.63) is 82.9 Å². The van der Waals surface area contributed by atoms with Crippen LogP contribution in [0.4, 0.5) is 8.78 Å². The summed E-state index contributed by atoms with van der Waals surface area (Å²) in [5.74, 6) is 1.37. The van der Waals surface area contributed by atoms with Crippen LogP contribution in [0.5, 0.6) is 11.5 Å². The van der Waals surface area contributed by atoms with E-state index < -0.39 is 18.0 Å². The topological polar surface area (TPSA) is 38.8 Å². The molecule has 0 aromatic heterocycles. The molecule has 188 valence electrons. The lowest BCUT2D eigenvalue weighted by Gasteiger charge is -2.15. The van der Waals surface area contributed by atoms with Crippen LogP contribution >= 0.6 is 11.6 Å². The Morgan fingerprint density at radius 2 is 1.66 bits per heavy atom. The molecule has 1 heterocycles. The van der Waals surface area contributed by atoms with E-state index in [1.807, 2.05) is 0 Å². The molecule has 1 aliphatic heterocycles. The molecular formula is C28H32ClF2NO3. The molecule has 0 saturated heterocycles. The number of nitrogens with zero attached hydrogens (tertiary/aromatic N) is 1. The zero-order chi connectivity index (χ0) is 26.4. The number of amides is 1. The fraction of sp³-hybridized carbons (Fsp3) is 0.321. The van der Waals surface area contributed by atoms with Gasteiger partial charge in [-0.05, 0) is 50.1 Å². The van der Waals surface area contributed by atoms with E-state index in [1.165, 1.54) is 48.1 Å². The van der Waals surface area contributed by atoms with E-state index in [1.54, 1.807) is 14.0 Å². The summed E-state index contributed by atoms with van der Waals surface area (Å²) in [6.45, 7) is 9.92. The summed E-state index contributed by atoms with van der Waals surface area (Å²) in [5, 5.41) is 0.525. The Kier molecular flexibility index (Phi) is 13.2. The third-order valence-corrected chi connectivity index (χ3v) is 4.76. The standard InChI is InChI=1S/C17H15F2NO3.C6H12.C5H5Cl/c1-3-20(2)16(21)12-8-14-15(9-13(12)19)23-17(22-14)10-4-6-11(18)7-5-10;1-3-5-6-4-2;1-3-4-5(2)6/h4-9,17H,3H2,1-2H3;5-6H,3-4H2,1-2H3;1H,2,4H2/b;6-5-;. The number of ether oxygens (including phenoxy) is 2. The van der Waals surface area contributed by atoms with E-state index in [-0.39, 0.29) is 22.9 Å². The van der Waals surface area contributed by atoms with E-state index >= 15 is 0 Å². The average molecular weight is 504 g/mol. The molecule has 7 heteroatoms. The second-order valence-electron chi connectivity index (χ2n) is 7.40. The highest BCUT2D eigenvalue weighted by atomic mass is 35.5. The largest absolute Gasteiger partial charge is 0.447 e. The lowest BCUT2D eigenvalue weighted by atomic mass is 10.1. The van der Waals surface area contributed by atoms with Crippen molar-refractivity contribution in [2.75, 3.05) is 13.6 Å². The van der Waals surface area contributed by atoms with Crippen molar-refractivity contribution < 1.29 is 23.0 Å². The Bertz CT molecular complexity index is 1040. The van der Waals surface area contributed by atoms with Crippen molar-refractivity contribution in [1.82, 2.24) is 4.90 Å². The van der Waals surface area contributed by atoms with Crippen molar-refractivity contribution in [2.24, 2.45) is 0 Å². The molecule has 1 atom stereocenters. The first-order valence-corrected chi connectivity index (χ1v) is 11.7. The summed E-state index contributed by atoms with van der Waals surface area (Å²) >= 11 is 5.24. The zero-order valence-corrected chi connectivity index (χ0v) is 21.4. The summed E-state index contributed by atoms with van der Waals surface area (Å²) < 4.78 is 38.2. The maximum atomic E-state index is 14.1. The number of halogens is 3. The van der Waals surface area contributed by atoms with Gasteiger partial charge in [0.25, 0.3) is 12.2 Å². The van der Waals surface area contributed by atoms with Gasteiger partial charge in [0, 0.05) is 36.7 Å². The first-order valence-electron chi connectivity index (χ1n) is 11.3. The smallest absolute Gasteiger partial charge is 0.267 e. The predicted molar refractivity (Wildman–Crippen MR) is 138 cm³/mol. The normalized spacial score (nSPS) is 13.1. The van der Waals surface area contributed by atoms with Crippen LogP contribution in [0.2, 0.25) is 0 Å². The highest BCUT2D eigenvalue weighted by Gasteiger charge is 2.29. The number of hydrogen-bond acceptors (Lipinski definition) is 3. The molecule has 3 rings (SSSR count). The maximum absolute atomic E-state index is 14.1. The van der Waals surface area contributed by atoms with E-state index in [2.05, 4.69) is 38.5 Å². The lowest BCUT2D eigenvalue weighted by molar-refractivity contribution is 0.0485. The Balaban J connectivity index is 0.000000425. The second-order valence-corrected chi connectivity index (χ2v) is 7.94. The molecule has 0 aliphatic carbocycles. The van der Waals surface area contributed by atoms with E-state index in [0.29, 0.717) is 23.6 Å². The first kappa shape index (κ1) is 29.7. The minimum atomic E-state index is -0.792. The maximum Gasteiger partial charge on any atom is 0.267 e. The second kappa shape index (κ2) is 15.6. The van der Waals surface area contributed by atoms with Gasteiger partial charge in [-0.3, -0.25) is 4.79 Å². The Morgan fingerprint density at radius 3 is 2.09 bits per heavy atom. The lowest BCUT2D eigenvalue weighted by Crippen LogP contribution is -2.27. The van der Waals surface area contributed by atoms with Crippen molar-refractivity contribution >= 4 is 17.5 Å². The Morgan fingerprint density at radius 1 is 1.11 bits per heavy atom. The number of benzene rings is 2. The van der Waals surface area contributed by atoms with Crippen LogP contribution < -0.4 is 9.47 Å². The number of terminal acetylenes is 1. The van der Waals surface area contributed by atoms with Gasteiger partial charge in [0.05, 0.1) is 5.56 Å². The van der Waals surface area contributed by atoms with Crippen LogP contribution in [0, 0.1) is 24.0 Å². The fourth-order valence-corrected chi connectivity index (χ4v) is 2.76. The molecule has 35 heavy (non-hydrogen) atoms. The summed E-state index contributed by atoms with van der Waals surface area (Å²) in [4.78, 5) is 13.5. The predicted octanol–water partition coefficient (Wildman–Crippen LogP) is 7.65. The van der Waals surface area contributed by atoms with Gasteiger partial charge in [-0.1, -0.05) is 44.2 Å². The van der Waals surface area contributed by atoms with Crippen LogP contribution in [-0.2, 0) is 0 Å². The van der Waals surface area contributed by atoms with Crippen LogP contribution in [0.3, 0.4) is 0 Å². The summed E-state index contributed by atoms with van der Waals surface area (Å²) in [7, 11) is 1.59. The highest BCUT2D eigenvalue weighted by Crippen LogP contribution is 2.42. The molecule has 0 fully saturated rings. The van der Waals surface area contributed by atoms with E-state index in [4.69, 9.17) is 27.5 Å². The molecule has 1 aliphatic rings. The van der Waals surface area contributed by atoms with Gasteiger partial charge in [0.15, 0.2) is 11.5 Å². The van der Waals surface area contributed by atoms with Crippen molar-refractivity contribution in [3.63, 3.8) is 0 Å². The molecule has 0 saturated carbocycles. The number of carbonyl (C=O) groups excluding carboxylic acids is 1. The fourth-order valence-electron chi connectivity index (χ4n) is 2.69. The van der Waals surface area contributed by atoms with E-state index in [9.17, 15) is 13.6 Å². The van der Waals surface area contributed by atoms with Crippen LogP contribution in [0.25, 0.3) is 0 Å². The minimum absolute atomic E-state index is 0.0727. The third kappa shape index (κ3) is 9.84. The van der Waals surface area contributed by atoms with Crippen molar-refractivity contribution in [1.29, 1.82) is 0 Å². The molecule has 0 bridgehead atoms. The quantitative estimate of drug-likeness (QED) is 0.300. The molecule has 4 nitrogen and oxygen atoms in total. The van der Waals surface area contributed by atoms with Gasteiger partial charge >= 0.3 is 0 Å². The molecule has 0 spiro atoms. The summed E-state index contributed by atoms with van der Waals surface area (Å²) in [6, 6.07) is 8.10. The summed E-state index contributed by atoms with van der Waals surface area (Å²) in [5.41, 5.74) is 0.526. The van der Waals surface area contributed by atoms with Crippen LogP contribution in [0.15, 0.2) is 60.2 Å². The van der Waals surface area contributed by atoms with Gasteiger partial charge in [0.1, 0.15) is 11.6 Å². The summed E-state index contributed by atoms with van der Waals surface area (Å²) in [6.07, 6.45) is 11.2. The Labute approximate surface area is 212 Å². The van der Waals surface area contributed by atoms with Crippen molar-refractivity contribution in [3.8, 4) is 23.8 Å². The molecule has 2 aromatic rings. The molecule has 1 unspecified atom stereocenters. The molecule has 1 amide bonds. The highest BCUT2D eigenvalue weighted by molar-refractivity contribution is 6.29. The van der Waals surface area contributed by atoms with Crippen LogP contribution in [-0.4, -0.2) is 24.4 Å².